The molecule has 98 valence electrons. The predicted octanol–water partition coefficient (Wildman–Crippen LogP) is 3.50. The lowest BCUT2D eigenvalue weighted by atomic mass is 9.75. The van der Waals surface area contributed by atoms with Gasteiger partial charge < -0.3 is 4.90 Å². The van der Waals surface area contributed by atoms with E-state index in [9.17, 15) is 4.79 Å². The molecule has 2 heteroatoms. The van der Waals surface area contributed by atoms with Gasteiger partial charge in [0, 0.05) is 18.3 Å². The lowest BCUT2D eigenvalue weighted by molar-refractivity contribution is 0.0945. The summed E-state index contributed by atoms with van der Waals surface area (Å²) < 4.78 is 0. The molecule has 0 saturated heterocycles. The summed E-state index contributed by atoms with van der Waals surface area (Å²) in [6.45, 7) is 0. The van der Waals surface area contributed by atoms with Gasteiger partial charge in [0.15, 0.2) is 5.78 Å². The molecule has 1 aliphatic heterocycles. The highest BCUT2D eigenvalue weighted by Crippen LogP contribution is 2.42. The minimum absolute atomic E-state index is 0.0869. The molecule has 20 heavy (non-hydrogen) atoms. The molecule has 0 bridgehead atoms. The number of rotatable bonds is 0. The van der Waals surface area contributed by atoms with Crippen LogP contribution in [0.25, 0.3) is 6.08 Å². The molecular weight excluding hydrogens is 246 g/mol. The normalized spacial score (nSPS) is 23.1. The Morgan fingerprint density at radius 2 is 1.75 bits per heavy atom. The van der Waals surface area contributed by atoms with Gasteiger partial charge in [-0.05, 0) is 23.3 Å². The van der Waals surface area contributed by atoms with E-state index in [4.69, 9.17) is 0 Å². The van der Waals surface area contributed by atoms with Crippen molar-refractivity contribution in [2.45, 2.75) is 12.0 Å². The molecule has 2 aromatic rings. The zero-order chi connectivity index (χ0) is 13.7. The van der Waals surface area contributed by atoms with E-state index in [0.717, 1.165) is 22.4 Å². The summed E-state index contributed by atoms with van der Waals surface area (Å²) in [5.41, 5.74) is 4.17. The molecule has 1 heterocycles. The topological polar surface area (TPSA) is 20.3 Å². The van der Waals surface area contributed by atoms with Gasteiger partial charge in [-0.3, -0.25) is 4.79 Å². The van der Waals surface area contributed by atoms with E-state index in [2.05, 4.69) is 36.2 Å². The van der Waals surface area contributed by atoms with Crippen LogP contribution in [0.2, 0.25) is 0 Å². The summed E-state index contributed by atoms with van der Waals surface area (Å²) in [7, 11) is 2.07. The molecule has 4 rings (SSSR count). The number of hydrogen-bond donors (Lipinski definition) is 0. The Balaban J connectivity index is 1.94. The van der Waals surface area contributed by atoms with Gasteiger partial charge in [0.2, 0.25) is 0 Å². The maximum atomic E-state index is 12.9. The number of fused-ring (bicyclic) bond motifs is 4. The van der Waals surface area contributed by atoms with Gasteiger partial charge in [0.25, 0.3) is 0 Å². The SMILES string of the molecule is CN1c2ccccc2C(=O)C2c3ccccc3C=CC21. The summed E-state index contributed by atoms with van der Waals surface area (Å²) >= 11 is 0. The number of carbonyl (C=O) groups is 1. The number of likely N-dealkylation sites (N-methyl/N-ethyl adjacent to an activating group) is 1. The van der Waals surface area contributed by atoms with E-state index in [1.807, 2.05) is 36.4 Å². The van der Waals surface area contributed by atoms with Gasteiger partial charge in [-0.25, -0.2) is 0 Å². The van der Waals surface area contributed by atoms with Crippen LogP contribution in [0, 0.1) is 0 Å². The Morgan fingerprint density at radius 3 is 2.65 bits per heavy atom. The van der Waals surface area contributed by atoms with Crippen LogP contribution in [0.5, 0.6) is 0 Å². The molecule has 1 aliphatic carbocycles. The van der Waals surface area contributed by atoms with Crippen molar-refractivity contribution in [3.05, 3.63) is 71.3 Å². The third-order valence-corrected chi connectivity index (χ3v) is 4.42. The van der Waals surface area contributed by atoms with E-state index in [0.29, 0.717) is 0 Å². The average molecular weight is 261 g/mol. The van der Waals surface area contributed by atoms with Crippen molar-refractivity contribution in [3.63, 3.8) is 0 Å². The van der Waals surface area contributed by atoms with Crippen molar-refractivity contribution in [3.8, 4) is 0 Å². The number of Topliss-reactive ketones (excluding diaryl/α,β-unsaturated/α-hetero) is 1. The minimum atomic E-state index is -0.0869. The van der Waals surface area contributed by atoms with E-state index in [1.54, 1.807) is 0 Å². The Labute approximate surface area is 118 Å². The van der Waals surface area contributed by atoms with Crippen LogP contribution in [0.3, 0.4) is 0 Å². The van der Waals surface area contributed by atoms with Gasteiger partial charge in [-0.2, -0.15) is 0 Å². The smallest absolute Gasteiger partial charge is 0.174 e. The Morgan fingerprint density at radius 1 is 1.00 bits per heavy atom. The van der Waals surface area contributed by atoms with Crippen molar-refractivity contribution in [2.75, 3.05) is 11.9 Å². The molecule has 0 spiro atoms. The number of benzene rings is 2. The molecule has 2 atom stereocenters. The summed E-state index contributed by atoms with van der Waals surface area (Å²) in [5.74, 6) is 0.150. The fourth-order valence-corrected chi connectivity index (χ4v) is 3.41. The number of carbonyl (C=O) groups excluding carboxylic acids is 1. The van der Waals surface area contributed by atoms with Crippen LogP contribution < -0.4 is 4.90 Å². The van der Waals surface area contributed by atoms with Crippen LogP contribution in [-0.4, -0.2) is 18.9 Å². The van der Waals surface area contributed by atoms with Gasteiger partial charge in [-0.1, -0.05) is 48.6 Å². The van der Waals surface area contributed by atoms with Gasteiger partial charge in [0.05, 0.1) is 12.0 Å². The lowest BCUT2D eigenvalue weighted by Gasteiger charge is -2.41. The highest BCUT2D eigenvalue weighted by atomic mass is 16.1. The highest BCUT2D eigenvalue weighted by molar-refractivity contribution is 6.09. The largest absolute Gasteiger partial charge is 0.366 e. The standard InChI is InChI=1S/C18H15NO/c1-19-15-9-5-4-8-14(15)18(20)17-13-7-3-2-6-12(13)10-11-16(17)19/h2-11,16-17H,1H3. The van der Waals surface area contributed by atoms with Crippen molar-refractivity contribution in [1.29, 1.82) is 0 Å². The van der Waals surface area contributed by atoms with Crippen molar-refractivity contribution < 1.29 is 4.79 Å². The van der Waals surface area contributed by atoms with Crippen LogP contribution in [-0.2, 0) is 0 Å². The molecule has 0 amide bonds. The van der Waals surface area contributed by atoms with Gasteiger partial charge in [0.1, 0.15) is 0 Å². The van der Waals surface area contributed by atoms with E-state index in [-0.39, 0.29) is 17.7 Å². The third-order valence-electron chi connectivity index (χ3n) is 4.42. The number of para-hydroxylation sites is 1. The quantitative estimate of drug-likeness (QED) is 0.723. The second kappa shape index (κ2) is 4.07. The summed E-state index contributed by atoms with van der Waals surface area (Å²) in [6.07, 6.45) is 4.29. The van der Waals surface area contributed by atoms with Crippen molar-refractivity contribution >= 4 is 17.5 Å². The highest BCUT2D eigenvalue weighted by Gasteiger charge is 2.40. The zero-order valence-electron chi connectivity index (χ0n) is 11.3. The zero-order valence-corrected chi connectivity index (χ0v) is 11.3. The average Bonchev–Trinajstić information content (AvgIpc) is 2.51. The third kappa shape index (κ3) is 1.42. The van der Waals surface area contributed by atoms with Crippen molar-refractivity contribution in [1.82, 2.24) is 0 Å². The van der Waals surface area contributed by atoms with Crippen LogP contribution in [0.4, 0.5) is 5.69 Å². The summed E-state index contributed by atoms with van der Waals surface area (Å²) in [4.78, 5) is 15.1. The fraction of sp³-hybridized carbons (Fsp3) is 0.167. The Kier molecular flexibility index (Phi) is 2.34. The first-order chi connectivity index (χ1) is 9.77. The van der Waals surface area contributed by atoms with Crippen LogP contribution in [0.15, 0.2) is 54.6 Å². The molecule has 0 aromatic heterocycles. The maximum Gasteiger partial charge on any atom is 0.174 e. The fourth-order valence-electron chi connectivity index (χ4n) is 3.41. The second-order valence-corrected chi connectivity index (χ2v) is 5.45. The monoisotopic (exact) mass is 261 g/mol. The van der Waals surface area contributed by atoms with Crippen LogP contribution in [0.1, 0.15) is 27.4 Å². The maximum absolute atomic E-state index is 12.9. The molecular formula is C18H15NO. The van der Waals surface area contributed by atoms with Gasteiger partial charge in [-0.15, -0.1) is 0 Å². The summed E-state index contributed by atoms with van der Waals surface area (Å²) in [6, 6.07) is 16.2. The van der Waals surface area contributed by atoms with Gasteiger partial charge >= 0.3 is 0 Å². The van der Waals surface area contributed by atoms with E-state index < -0.39 is 0 Å². The number of nitrogens with zero attached hydrogens (tertiary/aromatic N) is 1. The molecule has 2 nitrogen and oxygen atoms in total. The molecule has 2 aliphatic rings. The van der Waals surface area contributed by atoms with E-state index >= 15 is 0 Å². The second-order valence-electron chi connectivity index (χ2n) is 5.45. The first-order valence-electron chi connectivity index (χ1n) is 6.90. The molecule has 0 N–H and O–H groups in total. The van der Waals surface area contributed by atoms with E-state index in [1.165, 1.54) is 0 Å². The predicted molar refractivity (Wildman–Crippen MR) is 81.2 cm³/mol. The Hall–Kier alpha value is -2.35. The minimum Gasteiger partial charge on any atom is -0.366 e. The molecule has 0 fully saturated rings. The first kappa shape index (κ1) is 11.5. The molecule has 2 unspecified atom stereocenters. The number of anilines is 1. The molecule has 0 radical (unpaired) electrons. The van der Waals surface area contributed by atoms with Crippen molar-refractivity contribution in [2.24, 2.45) is 0 Å². The van der Waals surface area contributed by atoms with Crippen LogP contribution >= 0.6 is 0 Å². The first-order valence-corrected chi connectivity index (χ1v) is 6.90. The number of hydrogen-bond acceptors (Lipinski definition) is 2. The molecule has 0 saturated carbocycles. The number of ketones is 1. The Bertz CT molecular complexity index is 732. The summed E-state index contributed by atoms with van der Waals surface area (Å²) in [5, 5.41) is 0. The molecule has 2 aromatic carbocycles. The lowest BCUT2D eigenvalue weighted by Crippen LogP contribution is -2.45.